The molecule has 1 aromatic heterocycles. The van der Waals surface area contributed by atoms with Gasteiger partial charge in [0.25, 0.3) is 0 Å². The third-order valence-corrected chi connectivity index (χ3v) is 4.70. The number of hydrogen-bond donors (Lipinski definition) is 3. The number of nitrogens with zero attached hydrogens (tertiary/aromatic N) is 1. The van der Waals surface area contributed by atoms with Crippen LogP contribution in [0, 0.1) is 18.6 Å². The molecule has 0 aliphatic heterocycles. The van der Waals surface area contributed by atoms with Crippen LogP contribution < -0.4 is 5.73 Å². The molecule has 0 aliphatic rings. The fraction of sp³-hybridized carbons (Fsp3) is 0.636. The fourth-order valence-corrected chi connectivity index (χ4v) is 3.04. The maximum absolute atomic E-state index is 12.0. The zero-order valence-corrected chi connectivity index (χ0v) is 11.8. The Balaban J connectivity index is 2.54. The Bertz CT molecular complexity index is 531. The van der Waals surface area contributed by atoms with Crippen molar-refractivity contribution in [2.24, 2.45) is 5.73 Å². The molecule has 7 nitrogen and oxygen atoms in total. The average molecular weight is 289 g/mol. The standard InChI is InChI=1S/C11H19N3O4S/c1-7-9(8(2)18-14-7)3-5-19(13,17)6-4-10(12)11(15)16/h10,13H,3-6,12H2,1-2H3,(H,15,16)/t10-,19?/m0/s1. The SMILES string of the molecule is Cc1noc(C)c1CCS(=N)(=O)CC[C@H](N)C(=O)O. The van der Waals surface area contributed by atoms with Gasteiger partial charge in [-0.2, -0.15) is 0 Å². The van der Waals surface area contributed by atoms with E-state index in [4.69, 9.17) is 20.1 Å². The van der Waals surface area contributed by atoms with E-state index in [1.165, 1.54) is 0 Å². The van der Waals surface area contributed by atoms with Gasteiger partial charge >= 0.3 is 5.97 Å². The molecule has 108 valence electrons. The summed E-state index contributed by atoms with van der Waals surface area (Å²) in [4.78, 5) is 10.6. The minimum atomic E-state index is -2.83. The van der Waals surface area contributed by atoms with Crippen molar-refractivity contribution in [3.8, 4) is 0 Å². The molecule has 0 radical (unpaired) electrons. The van der Waals surface area contributed by atoms with Crippen molar-refractivity contribution >= 4 is 15.7 Å². The van der Waals surface area contributed by atoms with Crippen LogP contribution in [0.5, 0.6) is 0 Å². The van der Waals surface area contributed by atoms with Gasteiger partial charge in [0, 0.05) is 26.8 Å². The molecule has 0 fully saturated rings. The lowest BCUT2D eigenvalue weighted by atomic mass is 10.1. The van der Waals surface area contributed by atoms with E-state index in [0.717, 1.165) is 11.3 Å². The fourth-order valence-electron chi connectivity index (χ4n) is 1.67. The molecule has 0 aromatic carbocycles. The van der Waals surface area contributed by atoms with Gasteiger partial charge in [-0.1, -0.05) is 5.16 Å². The van der Waals surface area contributed by atoms with Gasteiger partial charge in [0.15, 0.2) is 0 Å². The van der Waals surface area contributed by atoms with Gasteiger partial charge in [0.1, 0.15) is 11.8 Å². The maximum atomic E-state index is 12.0. The number of nitrogens with one attached hydrogen (secondary N) is 1. The first kappa shape index (κ1) is 15.6. The number of aliphatic carboxylic acids is 1. The van der Waals surface area contributed by atoms with Crippen LogP contribution in [0.1, 0.15) is 23.4 Å². The molecule has 2 atom stereocenters. The molecule has 0 aliphatic carbocycles. The van der Waals surface area contributed by atoms with Crippen LogP contribution >= 0.6 is 0 Å². The van der Waals surface area contributed by atoms with Crippen LogP contribution in [0.15, 0.2) is 4.52 Å². The number of nitrogens with two attached hydrogens (primary N) is 1. The van der Waals surface area contributed by atoms with Gasteiger partial charge in [0.05, 0.1) is 5.69 Å². The predicted molar refractivity (Wildman–Crippen MR) is 70.5 cm³/mol. The van der Waals surface area contributed by atoms with Crippen molar-refractivity contribution in [2.45, 2.75) is 32.7 Å². The first-order chi connectivity index (χ1) is 8.73. The Morgan fingerprint density at radius 3 is 2.63 bits per heavy atom. The summed E-state index contributed by atoms with van der Waals surface area (Å²) in [5.41, 5.74) is 6.92. The van der Waals surface area contributed by atoms with E-state index in [9.17, 15) is 9.00 Å². The van der Waals surface area contributed by atoms with Crippen molar-refractivity contribution in [2.75, 3.05) is 11.5 Å². The van der Waals surface area contributed by atoms with Gasteiger partial charge in [-0.15, -0.1) is 0 Å². The highest BCUT2D eigenvalue weighted by Crippen LogP contribution is 2.14. The summed E-state index contributed by atoms with van der Waals surface area (Å²) in [5.74, 6) is -0.331. The molecule has 0 bridgehead atoms. The third kappa shape index (κ3) is 4.64. The molecule has 0 saturated carbocycles. The molecule has 0 spiro atoms. The first-order valence-electron chi connectivity index (χ1n) is 5.87. The van der Waals surface area contributed by atoms with Crippen molar-refractivity contribution in [1.82, 2.24) is 5.16 Å². The highest BCUT2D eigenvalue weighted by Gasteiger charge is 2.17. The zero-order valence-electron chi connectivity index (χ0n) is 11.0. The molecule has 1 unspecified atom stereocenters. The van der Waals surface area contributed by atoms with Gasteiger partial charge in [-0.3, -0.25) is 9.57 Å². The maximum Gasteiger partial charge on any atom is 0.320 e. The van der Waals surface area contributed by atoms with E-state index in [1.807, 2.05) is 0 Å². The van der Waals surface area contributed by atoms with Crippen LogP contribution in [0.25, 0.3) is 0 Å². The third-order valence-electron chi connectivity index (χ3n) is 2.94. The van der Waals surface area contributed by atoms with E-state index in [1.54, 1.807) is 13.8 Å². The summed E-state index contributed by atoms with van der Waals surface area (Å²) in [6.45, 7) is 3.55. The van der Waals surface area contributed by atoms with Gasteiger partial charge < -0.3 is 15.4 Å². The number of rotatable bonds is 7. The Morgan fingerprint density at radius 1 is 1.53 bits per heavy atom. The van der Waals surface area contributed by atoms with Crippen molar-refractivity contribution < 1.29 is 18.6 Å². The number of carboxylic acid groups (broad SMARTS) is 1. The highest BCUT2D eigenvalue weighted by molar-refractivity contribution is 7.92. The summed E-state index contributed by atoms with van der Waals surface area (Å²) in [7, 11) is -2.83. The van der Waals surface area contributed by atoms with Crippen molar-refractivity contribution in [3.63, 3.8) is 0 Å². The molecule has 19 heavy (non-hydrogen) atoms. The Labute approximate surface area is 112 Å². The minimum absolute atomic E-state index is 0.0101. The number of carbonyl (C=O) groups is 1. The molecule has 8 heteroatoms. The second-order valence-electron chi connectivity index (χ2n) is 4.51. The summed E-state index contributed by atoms with van der Waals surface area (Å²) in [6, 6.07) is -1.06. The second-order valence-corrected chi connectivity index (χ2v) is 6.95. The quantitative estimate of drug-likeness (QED) is 0.676. The zero-order chi connectivity index (χ0) is 14.6. The topological polar surface area (TPSA) is 130 Å². The van der Waals surface area contributed by atoms with E-state index in [2.05, 4.69) is 5.16 Å². The number of carboxylic acids is 1. The van der Waals surface area contributed by atoms with Gasteiger partial charge in [0.2, 0.25) is 0 Å². The lowest BCUT2D eigenvalue weighted by molar-refractivity contribution is -0.138. The average Bonchev–Trinajstić information content (AvgIpc) is 2.63. The number of hydrogen-bond acceptors (Lipinski definition) is 6. The van der Waals surface area contributed by atoms with E-state index >= 15 is 0 Å². The van der Waals surface area contributed by atoms with Gasteiger partial charge in [-0.25, -0.2) is 4.21 Å². The summed E-state index contributed by atoms with van der Waals surface area (Å²) in [5, 5.41) is 12.4. The number of aromatic nitrogens is 1. The molecule has 1 rings (SSSR count). The van der Waals surface area contributed by atoms with E-state index in [-0.39, 0.29) is 17.9 Å². The molecule has 0 saturated heterocycles. The first-order valence-corrected chi connectivity index (χ1v) is 7.77. The molecular weight excluding hydrogens is 270 g/mol. The molecule has 1 heterocycles. The van der Waals surface area contributed by atoms with Crippen LogP contribution in [0.2, 0.25) is 0 Å². The van der Waals surface area contributed by atoms with E-state index < -0.39 is 21.7 Å². The predicted octanol–water partition coefficient (Wildman–Crippen LogP) is 0.683. The van der Waals surface area contributed by atoms with E-state index in [0.29, 0.717) is 12.2 Å². The molecular formula is C11H19N3O4S. The van der Waals surface area contributed by atoms with Crippen molar-refractivity contribution in [3.05, 3.63) is 17.0 Å². The minimum Gasteiger partial charge on any atom is -0.480 e. The second kappa shape index (κ2) is 6.16. The van der Waals surface area contributed by atoms with Crippen LogP contribution in [0.4, 0.5) is 0 Å². The smallest absolute Gasteiger partial charge is 0.320 e. The molecule has 0 amide bonds. The van der Waals surface area contributed by atoms with Gasteiger partial charge in [-0.05, 0) is 26.7 Å². The largest absolute Gasteiger partial charge is 0.480 e. The lowest BCUT2D eigenvalue weighted by Crippen LogP contribution is -2.32. The Kier molecular flexibility index (Phi) is 5.07. The summed E-state index contributed by atoms with van der Waals surface area (Å²) < 4.78 is 24.7. The lowest BCUT2D eigenvalue weighted by Gasteiger charge is -2.09. The highest BCUT2D eigenvalue weighted by atomic mass is 32.2. The Hall–Kier alpha value is -1.41. The van der Waals surface area contributed by atoms with Crippen molar-refractivity contribution in [1.29, 1.82) is 4.78 Å². The summed E-state index contributed by atoms with van der Waals surface area (Å²) in [6.07, 6.45) is 0.477. The van der Waals surface area contributed by atoms with Crippen LogP contribution in [-0.4, -0.2) is 38.0 Å². The normalized spacial score (nSPS) is 15.9. The van der Waals surface area contributed by atoms with Crippen LogP contribution in [0.3, 0.4) is 0 Å². The Morgan fingerprint density at radius 2 is 2.16 bits per heavy atom. The van der Waals surface area contributed by atoms with Crippen LogP contribution in [-0.2, 0) is 20.9 Å². The monoisotopic (exact) mass is 289 g/mol. The summed E-state index contributed by atoms with van der Waals surface area (Å²) >= 11 is 0. The molecule has 4 N–H and O–H groups in total. The molecule has 1 aromatic rings. The number of aryl methyl sites for hydroxylation is 2.